The molecule has 0 saturated carbocycles. The summed E-state index contributed by atoms with van der Waals surface area (Å²) in [5.41, 5.74) is 2.18. The fourth-order valence-corrected chi connectivity index (χ4v) is 2.81. The van der Waals surface area contributed by atoms with Gasteiger partial charge in [0.15, 0.2) is 5.96 Å². The molecule has 0 aliphatic heterocycles. The zero-order chi connectivity index (χ0) is 20.5. The van der Waals surface area contributed by atoms with Crippen LogP contribution < -0.4 is 15.4 Å². The molecule has 0 amide bonds. The largest absolute Gasteiger partial charge is 0.489 e. The zero-order valence-corrected chi connectivity index (χ0v) is 19.4. The summed E-state index contributed by atoms with van der Waals surface area (Å²) in [5, 5.41) is 10.9. The number of hydrogen-bond acceptors (Lipinski definition) is 3. The number of guanidine groups is 1. The Balaban J connectivity index is 0.00000320. The highest BCUT2D eigenvalue weighted by atomic mass is 127. The minimum Gasteiger partial charge on any atom is -0.489 e. The van der Waals surface area contributed by atoms with Gasteiger partial charge in [-0.25, -0.2) is 9.07 Å². The Morgan fingerprint density at radius 1 is 1.17 bits per heavy atom. The predicted molar refractivity (Wildman–Crippen MR) is 129 cm³/mol. The predicted octanol–water partition coefficient (Wildman–Crippen LogP) is 3.80. The summed E-state index contributed by atoms with van der Waals surface area (Å²) in [6.07, 6.45) is 4.59. The van der Waals surface area contributed by atoms with Crippen LogP contribution in [-0.2, 0) is 6.42 Å². The van der Waals surface area contributed by atoms with Crippen molar-refractivity contribution in [1.82, 2.24) is 20.4 Å². The van der Waals surface area contributed by atoms with Crippen LogP contribution in [0.25, 0.3) is 5.69 Å². The average molecular weight is 523 g/mol. The highest BCUT2D eigenvalue weighted by molar-refractivity contribution is 14.0. The second-order valence-corrected chi connectivity index (χ2v) is 6.64. The molecule has 0 radical (unpaired) electrons. The lowest BCUT2D eigenvalue weighted by Crippen LogP contribution is -2.42. The van der Waals surface area contributed by atoms with Crippen LogP contribution in [0.1, 0.15) is 12.5 Å². The standard InChI is InChI=1S/C22H26FN5O.HI/c1-17(29-21-10-6-7-19(23)13-21)14-26-22(24-2)25-12-11-18-15-27-28(16-18)20-8-4-3-5-9-20;/h3-10,13,15-17H,11-12,14H2,1-2H3,(H2,24,25,26);1H. The Hall–Kier alpha value is -2.62. The van der Waals surface area contributed by atoms with Crippen molar-refractivity contribution in [2.45, 2.75) is 19.4 Å². The Labute approximate surface area is 193 Å². The van der Waals surface area contributed by atoms with Crippen LogP contribution in [0, 0.1) is 5.82 Å². The maximum atomic E-state index is 13.2. The number of rotatable bonds is 8. The summed E-state index contributed by atoms with van der Waals surface area (Å²) in [6, 6.07) is 16.2. The van der Waals surface area contributed by atoms with Gasteiger partial charge in [-0.1, -0.05) is 24.3 Å². The molecular formula is C22H27FIN5O. The summed E-state index contributed by atoms with van der Waals surface area (Å²) in [5.74, 6) is 0.892. The van der Waals surface area contributed by atoms with E-state index >= 15 is 0 Å². The number of ether oxygens (including phenoxy) is 1. The molecule has 2 N–H and O–H groups in total. The number of benzene rings is 2. The van der Waals surface area contributed by atoms with E-state index < -0.39 is 0 Å². The fraction of sp³-hybridized carbons (Fsp3) is 0.273. The zero-order valence-electron chi connectivity index (χ0n) is 17.1. The van der Waals surface area contributed by atoms with Gasteiger partial charge < -0.3 is 15.4 Å². The number of aromatic nitrogens is 2. The summed E-state index contributed by atoms with van der Waals surface area (Å²) >= 11 is 0. The first-order valence-corrected chi connectivity index (χ1v) is 9.60. The Morgan fingerprint density at radius 3 is 2.70 bits per heavy atom. The van der Waals surface area contributed by atoms with E-state index in [4.69, 9.17) is 4.74 Å². The van der Waals surface area contributed by atoms with Crippen molar-refractivity contribution in [3.63, 3.8) is 0 Å². The Kier molecular flexibility index (Phi) is 9.59. The van der Waals surface area contributed by atoms with Gasteiger partial charge in [-0.05, 0) is 43.2 Å². The lowest BCUT2D eigenvalue weighted by Gasteiger charge is -2.17. The number of halogens is 2. The second-order valence-electron chi connectivity index (χ2n) is 6.64. The molecule has 0 spiro atoms. The van der Waals surface area contributed by atoms with E-state index in [1.54, 1.807) is 19.2 Å². The monoisotopic (exact) mass is 523 g/mol. The molecule has 6 nitrogen and oxygen atoms in total. The third-order valence-corrected chi connectivity index (χ3v) is 4.28. The topological polar surface area (TPSA) is 63.5 Å². The maximum Gasteiger partial charge on any atom is 0.191 e. The number of nitrogens with one attached hydrogen (secondary N) is 2. The first-order valence-electron chi connectivity index (χ1n) is 9.60. The molecule has 0 saturated heterocycles. The highest BCUT2D eigenvalue weighted by Gasteiger charge is 2.07. The molecule has 30 heavy (non-hydrogen) atoms. The Bertz CT molecular complexity index is 932. The number of aliphatic imine (C=N–C) groups is 1. The third kappa shape index (κ3) is 7.33. The summed E-state index contributed by atoms with van der Waals surface area (Å²) in [7, 11) is 1.72. The van der Waals surface area contributed by atoms with Crippen LogP contribution in [-0.4, -0.2) is 42.0 Å². The van der Waals surface area contributed by atoms with Gasteiger partial charge >= 0.3 is 0 Å². The van der Waals surface area contributed by atoms with E-state index in [0.29, 0.717) is 18.3 Å². The fourth-order valence-electron chi connectivity index (χ4n) is 2.81. The minimum absolute atomic E-state index is 0. The summed E-state index contributed by atoms with van der Waals surface area (Å²) in [4.78, 5) is 4.22. The summed E-state index contributed by atoms with van der Waals surface area (Å²) in [6.45, 7) is 3.19. The van der Waals surface area contributed by atoms with Crippen molar-refractivity contribution in [1.29, 1.82) is 0 Å². The summed E-state index contributed by atoms with van der Waals surface area (Å²) < 4.78 is 20.8. The van der Waals surface area contributed by atoms with Gasteiger partial charge in [0, 0.05) is 25.9 Å². The van der Waals surface area contributed by atoms with Crippen LogP contribution in [0.15, 0.2) is 72.0 Å². The average Bonchev–Trinajstić information content (AvgIpc) is 3.20. The van der Waals surface area contributed by atoms with Gasteiger partial charge in [0.1, 0.15) is 17.7 Å². The van der Waals surface area contributed by atoms with Crippen molar-refractivity contribution in [3.05, 3.63) is 78.4 Å². The van der Waals surface area contributed by atoms with Crippen LogP contribution in [0.5, 0.6) is 5.75 Å². The van der Waals surface area contributed by atoms with Crippen LogP contribution in [0.4, 0.5) is 4.39 Å². The lowest BCUT2D eigenvalue weighted by molar-refractivity contribution is 0.223. The first kappa shape index (κ1) is 23.7. The van der Waals surface area contributed by atoms with Crippen molar-refractivity contribution in [2.24, 2.45) is 4.99 Å². The van der Waals surface area contributed by atoms with Gasteiger partial charge in [0.25, 0.3) is 0 Å². The van der Waals surface area contributed by atoms with Crippen LogP contribution in [0.2, 0.25) is 0 Å². The van der Waals surface area contributed by atoms with E-state index in [-0.39, 0.29) is 35.9 Å². The number of para-hydroxylation sites is 1. The number of hydrogen-bond donors (Lipinski definition) is 2. The molecule has 0 fully saturated rings. The van der Waals surface area contributed by atoms with Gasteiger partial charge in [-0.3, -0.25) is 4.99 Å². The minimum atomic E-state index is -0.310. The van der Waals surface area contributed by atoms with E-state index in [9.17, 15) is 4.39 Å². The third-order valence-electron chi connectivity index (χ3n) is 4.28. The number of nitrogens with zero attached hydrogens (tertiary/aromatic N) is 3. The van der Waals surface area contributed by atoms with E-state index in [1.165, 1.54) is 12.1 Å². The van der Waals surface area contributed by atoms with Crippen molar-refractivity contribution >= 4 is 29.9 Å². The van der Waals surface area contributed by atoms with Crippen molar-refractivity contribution in [2.75, 3.05) is 20.1 Å². The van der Waals surface area contributed by atoms with Crippen molar-refractivity contribution in [3.8, 4) is 11.4 Å². The molecule has 1 atom stereocenters. The molecule has 1 aromatic heterocycles. The molecule has 8 heteroatoms. The van der Waals surface area contributed by atoms with Gasteiger partial charge in [0.2, 0.25) is 0 Å². The molecule has 0 aliphatic carbocycles. The molecular weight excluding hydrogens is 496 g/mol. The second kappa shape index (κ2) is 12.2. The first-order chi connectivity index (χ1) is 14.1. The van der Waals surface area contributed by atoms with Gasteiger partial charge in [-0.2, -0.15) is 5.10 Å². The lowest BCUT2D eigenvalue weighted by atomic mass is 10.2. The van der Waals surface area contributed by atoms with Gasteiger partial charge in [0.05, 0.1) is 18.4 Å². The SMILES string of the molecule is CN=C(NCCc1cnn(-c2ccccc2)c1)NCC(C)Oc1cccc(F)c1.I. The quantitative estimate of drug-likeness (QED) is 0.268. The maximum absolute atomic E-state index is 13.2. The molecule has 3 rings (SSSR count). The highest BCUT2D eigenvalue weighted by Crippen LogP contribution is 2.13. The molecule has 0 aliphatic rings. The molecule has 160 valence electrons. The van der Waals surface area contributed by atoms with Crippen LogP contribution >= 0.6 is 24.0 Å². The van der Waals surface area contributed by atoms with E-state index in [2.05, 4.69) is 20.7 Å². The van der Waals surface area contributed by atoms with Crippen LogP contribution in [0.3, 0.4) is 0 Å². The van der Waals surface area contributed by atoms with Crippen molar-refractivity contribution < 1.29 is 9.13 Å². The molecule has 1 unspecified atom stereocenters. The molecule has 2 aromatic carbocycles. The molecule has 0 bridgehead atoms. The molecule has 3 aromatic rings. The smallest absolute Gasteiger partial charge is 0.191 e. The van der Waals surface area contributed by atoms with E-state index in [0.717, 1.165) is 24.2 Å². The Morgan fingerprint density at radius 2 is 1.97 bits per heavy atom. The van der Waals surface area contributed by atoms with E-state index in [1.807, 2.05) is 54.3 Å². The normalized spacial score (nSPS) is 12.0. The molecule has 1 heterocycles. The van der Waals surface area contributed by atoms with Gasteiger partial charge in [-0.15, -0.1) is 24.0 Å².